The van der Waals surface area contributed by atoms with Gasteiger partial charge in [-0.05, 0) is 33.6 Å². The van der Waals surface area contributed by atoms with Crippen LogP contribution in [0, 0.1) is 20.8 Å². The summed E-state index contributed by atoms with van der Waals surface area (Å²) in [6, 6.07) is 1.75. The van der Waals surface area contributed by atoms with E-state index in [1.165, 1.54) is 4.52 Å². The number of hydrogen-bond donors (Lipinski definition) is 1. The number of nitrogens with zero attached hydrogens (tertiary/aromatic N) is 5. The first-order valence-electron chi connectivity index (χ1n) is 8.62. The smallest absolute Gasteiger partial charge is 0.275 e. The highest BCUT2D eigenvalue weighted by molar-refractivity contribution is 5.79. The first-order valence-corrected chi connectivity index (χ1v) is 8.62. The first kappa shape index (κ1) is 16.5. The fourth-order valence-corrected chi connectivity index (χ4v) is 3.45. The van der Waals surface area contributed by atoms with Gasteiger partial charge in [-0.3, -0.25) is 14.7 Å². The standard InChI is InChI=1S/C17H20N6O3/c1-9-10(2)18-15-7-13(19-23(15)17(9)25)14-5-4-6-22(14)16(24)8-12-11(3)20-26-21-12/h7,14,19H,4-6,8H2,1-3H3/t14-/m0/s1. The number of hydrogen-bond acceptors (Lipinski definition) is 6. The number of carbonyl (C=O) groups excluding carboxylic acids is 1. The molecule has 1 N–H and O–H groups in total. The van der Waals surface area contributed by atoms with Gasteiger partial charge in [0.15, 0.2) is 5.65 Å². The Balaban J connectivity index is 1.65. The van der Waals surface area contributed by atoms with Gasteiger partial charge in [-0.2, -0.15) is 0 Å². The molecule has 1 fully saturated rings. The maximum Gasteiger partial charge on any atom is 0.275 e. The SMILES string of the molecule is Cc1nonc1CC(=O)N1CCC[C@H]1c1cc2nc(C)c(C)c(=O)n2[nH]1. The topological polar surface area (TPSA) is 109 Å². The molecule has 26 heavy (non-hydrogen) atoms. The minimum absolute atomic E-state index is 0.0300. The summed E-state index contributed by atoms with van der Waals surface area (Å²) >= 11 is 0. The molecule has 3 aromatic heterocycles. The fraction of sp³-hybridized carbons (Fsp3) is 0.471. The zero-order valence-electron chi connectivity index (χ0n) is 14.9. The molecule has 0 spiro atoms. The quantitative estimate of drug-likeness (QED) is 0.756. The maximum absolute atomic E-state index is 12.8. The Morgan fingerprint density at radius 3 is 2.85 bits per heavy atom. The van der Waals surface area contributed by atoms with Crippen molar-refractivity contribution in [2.75, 3.05) is 6.54 Å². The highest BCUT2D eigenvalue weighted by Crippen LogP contribution is 2.32. The van der Waals surface area contributed by atoms with Gasteiger partial charge in [0.05, 0.1) is 18.2 Å². The lowest BCUT2D eigenvalue weighted by Crippen LogP contribution is -2.32. The fourth-order valence-electron chi connectivity index (χ4n) is 3.45. The van der Waals surface area contributed by atoms with Crippen LogP contribution in [0.5, 0.6) is 0 Å². The number of amides is 1. The molecule has 3 aromatic rings. The van der Waals surface area contributed by atoms with Gasteiger partial charge in [0.1, 0.15) is 11.4 Å². The summed E-state index contributed by atoms with van der Waals surface area (Å²) in [5, 5.41) is 10.6. The summed E-state index contributed by atoms with van der Waals surface area (Å²) in [5.74, 6) is -0.0300. The maximum atomic E-state index is 12.8. The van der Waals surface area contributed by atoms with Crippen molar-refractivity contribution in [3.8, 4) is 0 Å². The van der Waals surface area contributed by atoms with E-state index in [2.05, 4.69) is 25.0 Å². The molecule has 0 bridgehead atoms. The van der Waals surface area contributed by atoms with E-state index < -0.39 is 0 Å². The molecule has 0 saturated carbocycles. The lowest BCUT2D eigenvalue weighted by atomic mass is 10.1. The molecule has 1 atom stereocenters. The Hall–Kier alpha value is -2.97. The van der Waals surface area contributed by atoms with Gasteiger partial charge < -0.3 is 4.90 Å². The molecule has 0 aromatic carbocycles. The molecular weight excluding hydrogens is 336 g/mol. The van der Waals surface area contributed by atoms with Crippen molar-refractivity contribution in [2.45, 2.75) is 46.1 Å². The number of H-pyrrole nitrogens is 1. The van der Waals surface area contributed by atoms with Crippen molar-refractivity contribution in [3.63, 3.8) is 0 Å². The lowest BCUT2D eigenvalue weighted by molar-refractivity contribution is -0.131. The van der Waals surface area contributed by atoms with Crippen LogP contribution in [0.4, 0.5) is 0 Å². The summed E-state index contributed by atoms with van der Waals surface area (Å²) in [6.45, 7) is 6.02. The van der Waals surface area contributed by atoms with Gasteiger partial charge in [0.2, 0.25) is 5.91 Å². The number of aromatic amines is 1. The predicted octanol–water partition coefficient (Wildman–Crippen LogP) is 1.24. The van der Waals surface area contributed by atoms with E-state index in [4.69, 9.17) is 0 Å². The molecule has 1 saturated heterocycles. The second kappa shape index (κ2) is 6.08. The van der Waals surface area contributed by atoms with E-state index >= 15 is 0 Å². The van der Waals surface area contributed by atoms with E-state index in [-0.39, 0.29) is 23.9 Å². The number of aromatic nitrogens is 5. The van der Waals surface area contributed by atoms with E-state index in [0.717, 1.165) is 18.5 Å². The average Bonchev–Trinajstić information content (AvgIpc) is 3.32. The number of nitrogens with one attached hydrogen (secondary N) is 1. The van der Waals surface area contributed by atoms with Crippen molar-refractivity contribution in [2.24, 2.45) is 0 Å². The average molecular weight is 356 g/mol. The Kier molecular flexibility index (Phi) is 3.86. The minimum Gasteiger partial charge on any atom is -0.334 e. The highest BCUT2D eigenvalue weighted by Gasteiger charge is 2.32. The summed E-state index contributed by atoms with van der Waals surface area (Å²) in [4.78, 5) is 31.5. The molecule has 4 rings (SSSR count). The Labute approximate surface area is 149 Å². The van der Waals surface area contributed by atoms with Crippen LogP contribution in [0.1, 0.15) is 47.2 Å². The van der Waals surface area contributed by atoms with Crippen molar-refractivity contribution >= 4 is 11.6 Å². The van der Waals surface area contributed by atoms with Gasteiger partial charge in [0, 0.05) is 23.9 Å². The van der Waals surface area contributed by atoms with Gasteiger partial charge in [-0.25, -0.2) is 14.1 Å². The zero-order chi connectivity index (χ0) is 18.4. The number of aryl methyl sites for hydroxylation is 2. The summed E-state index contributed by atoms with van der Waals surface area (Å²) in [6.07, 6.45) is 1.89. The van der Waals surface area contributed by atoms with Gasteiger partial charge in [0.25, 0.3) is 5.56 Å². The molecular formula is C17H20N6O3. The summed E-state index contributed by atoms with van der Waals surface area (Å²) < 4.78 is 6.12. The normalized spacial score (nSPS) is 17.3. The summed E-state index contributed by atoms with van der Waals surface area (Å²) in [7, 11) is 0. The lowest BCUT2D eigenvalue weighted by Gasteiger charge is -2.23. The molecule has 9 heteroatoms. The molecule has 0 aliphatic carbocycles. The third-order valence-electron chi connectivity index (χ3n) is 5.10. The van der Waals surface area contributed by atoms with E-state index in [9.17, 15) is 9.59 Å². The number of carbonyl (C=O) groups is 1. The van der Waals surface area contributed by atoms with E-state index in [1.54, 1.807) is 13.8 Å². The second-order valence-electron chi connectivity index (χ2n) is 6.75. The monoisotopic (exact) mass is 356 g/mol. The van der Waals surface area contributed by atoms with Gasteiger partial charge >= 0.3 is 0 Å². The molecule has 9 nitrogen and oxygen atoms in total. The van der Waals surface area contributed by atoms with Crippen molar-refractivity contribution in [1.29, 1.82) is 0 Å². The van der Waals surface area contributed by atoms with Crippen LogP contribution < -0.4 is 5.56 Å². The van der Waals surface area contributed by atoms with Crippen LogP contribution >= 0.6 is 0 Å². The van der Waals surface area contributed by atoms with E-state index in [1.807, 2.05) is 17.9 Å². The van der Waals surface area contributed by atoms with Crippen molar-refractivity contribution in [3.05, 3.63) is 44.8 Å². The zero-order valence-corrected chi connectivity index (χ0v) is 14.9. The third kappa shape index (κ3) is 2.59. The van der Waals surface area contributed by atoms with Gasteiger partial charge in [-0.15, -0.1) is 0 Å². The molecule has 4 heterocycles. The molecule has 1 aliphatic rings. The van der Waals surface area contributed by atoms with Crippen LogP contribution in [0.15, 0.2) is 15.5 Å². The van der Waals surface area contributed by atoms with Crippen LogP contribution in [-0.4, -0.2) is 42.3 Å². The number of fused-ring (bicyclic) bond motifs is 1. The van der Waals surface area contributed by atoms with Crippen molar-refractivity contribution < 1.29 is 9.42 Å². The Bertz CT molecular complexity index is 1050. The third-order valence-corrected chi connectivity index (χ3v) is 5.10. The minimum atomic E-state index is -0.112. The van der Waals surface area contributed by atoms with Crippen LogP contribution in [0.2, 0.25) is 0 Å². The van der Waals surface area contributed by atoms with Crippen LogP contribution in [0.25, 0.3) is 5.65 Å². The number of likely N-dealkylation sites (tertiary alicyclic amines) is 1. The molecule has 1 amide bonds. The largest absolute Gasteiger partial charge is 0.334 e. The molecule has 0 radical (unpaired) electrons. The Morgan fingerprint density at radius 2 is 2.12 bits per heavy atom. The highest BCUT2D eigenvalue weighted by atomic mass is 16.6. The summed E-state index contributed by atoms with van der Waals surface area (Å²) in [5.41, 5.74) is 3.80. The van der Waals surface area contributed by atoms with Crippen molar-refractivity contribution in [1.82, 2.24) is 29.8 Å². The van der Waals surface area contributed by atoms with Gasteiger partial charge in [-0.1, -0.05) is 10.3 Å². The predicted molar refractivity (Wildman–Crippen MR) is 91.7 cm³/mol. The van der Waals surface area contributed by atoms with E-state index in [0.29, 0.717) is 34.8 Å². The number of rotatable bonds is 3. The Morgan fingerprint density at radius 1 is 1.31 bits per heavy atom. The molecule has 0 unspecified atom stereocenters. The van der Waals surface area contributed by atoms with Crippen LogP contribution in [-0.2, 0) is 11.2 Å². The molecule has 1 aliphatic heterocycles. The molecule has 136 valence electrons. The second-order valence-corrected chi connectivity index (χ2v) is 6.75. The first-order chi connectivity index (χ1) is 12.5. The van der Waals surface area contributed by atoms with Crippen LogP contribution in [0.3, 0.4) is 0 Å².